The highest BCUT2D eigenvalue weighted by atomic mass is 16.5. The fourth-order valence-electron chi connectivity index (χ4n) is 2.78. The van der Waals surface area contributed by atoms with Gasteiger partial charge in [0.25, 0.3) is 0 Å². The van der Waals surface area contributed by atoms with Gasteiger partial charge in [0.15, 0.2) is 0 Å². The number of aliphatic hydroxyl groups excluding tert-OH is 1. The molecule has 0 saturated carbocycles. The Morgan fingerprint density at radius 2 is 1.94 bits per heavy atom. The van der Waals surface area contributed by atoms with Crippen molar-refractivity contribution in [1.29, 1.82) is 0 Å². The molecule has 4 heteroatoms. The van der Waals surface area contributed by atoms with Gasteiger partial charge in [0.2, 0.25) is 0 Å². The molecule has 17 heavy (non-hydrogen) atoms. The Hall–Kier alpha value is -0.160. The molecule has 2 heterocycles. The van der Waals surface area contributed by atoms with Gasteiger partial charge in [-0.15, -0.1) is 0 Å². The molecule has 0 aromatic rings. The van der Waals surface area contributed by atoms with Crippen molar-refractivity contribution in [3.8, 4) is 0 Å². The van der Waals surface area contributed by atoms with Gasteiger partial charge in [-0.1, -0.05) is 6.92 Å². The van der Waals surface area contributed by atoms with Crippen molar-refractivity contribution in [2.24, 2.45) is 5.92 Å². The number of piperidine rings is 1. The Kier molecular flexibility index (Phi) is 4.42. The van der Waals surface area contributed by atoms with E-state index in [4.69, 9.17) is 4.74 Å². The molecule has 2 saturated heterocycles. The Morgan fingerprint density at radius 1 is 1.29 bits per heavy atom. The maximum atomic E-state index is 10.2. The summed E-state index contributed by atoms with van der Waals surface area (Å²) in [5.74, 6) is 0.857. The van der Waals surface area contributed by atoms with E-state index < -0.39 is 0 Å². The number of likely N-dealkylation sites (tertiary alicyclic amines) is 1. The fraction of sp³-hybridized carbons (Fsp3) is 1.00. The molecule has 0 unspecified atom stereocenters. The van der Waals surface area contributed by atoms with Gasteiger partial charge in [0.05, 0.1) is 24.9 Å². The Balaban J connectivity index is 1.80. The van der Waals surface area contributed by atoms with Crippen molar-refractivity contribution >= 4 is 0 Å². The van der Waals surface area contributed by atoms with Gasteiger partial charge in [-0.2, -0.15) is 0 Å². The minimum Gasteiger partial charge on any atom is -0.389 e. The van der Waals surface area contributed by atoms with Crippen LogP contribution in [-0.2, 0) is 4.74 Å². The number of nitrogens with zero attached hydrogens (tertiary/aromatic N) is 2. The zero-order chi connectivity index (χ0) is 12.4. The topological polar surface area (TPSA) is 35.9 Å². The van der Waals surface area contributed by atoms with Crippen LogP contribution >= 0.6 is 0 Å². The van der Waals surface area contributed by atoms with Gasteiger partial charge in [-0.25, -0.2) is 0 Å². The molecule has 0 radical (unpaired) electrons. The van der Waals surface area contributed by atoms with E-state index in [2.05, 4.69) is 16.7 Å². The smallest absolute Gasteiger partial charge is 0.0991 e. The average molecular weight is 242 g/mol. The number of hydrogen-bond acceptors (Lipinski definition) is 4. The van der Waals surface area contributed by atoms with Crippen LogP contribution < -0.4 is 0 Å². The highest BCUT2D eigenvalue weighted by Crippen LogP contribution is 2.21. The van der Waals surface area contributed by atoms with E-state index >= 15 is 0 Å². The molecule has 2 aliphatic rings. The first-order chi connectivity index (χ1) is 8.08. The minimum absolute atomic E-state index is 0.00388. The molecule has 0 spiro atoms. The highest BCUT2D eigenvalue weighted by Gasteiger charge is 2.38. The van der Waals surface area contributed by atoms with E-state index in [0.717, 1.165) is 25.6 Å². The minimum atomic E-state index is -0.343. The second-order valence-corrected chi connectivity index (χ2v) is 5.88. The van der Waals surface area contributed by atoms with Crippen LogP contribution in [0.5, 0.6) is 0 Å². The lowest BCUT2D eigenvalue weighted by molar-refractivity contribution is 0.00620. The standard InChI is InChI=1S/C13H26N2O2/c1-10-4-6-15(7-5-10)8-12-13(16)11(9-17-12)14(2)3/h10-13,16H,4-9H2,1-3H3/t11-,12-,13+/m0/s1. The molecule has 4 nitrogen and oxygen atoms in total. The van der Waals surface area contributed by atoms with E-state index in [0.29, 0.717) is 6.61 Å². The monoisotopic (exact) mass is 242 g/mol. The van der Waals surface area contributed by atoms with Crippen molar-refractivity contribution in [2.75, 3.05) is 40.3 Å². The summed E-state index contributed by atoms with van der Waals surface area (Å²) in [6.07, 6.45) is 2.21. The van der Waals surface area contributed by atoms with Gasteiger partial charge in [-0.3, -0.25) is 0 Å². The summed E-state index contributed by atoms with van der Waals surface area (Å²) in [6, 6.07) is 0.156. The number of hydrogen-bond donors (Lipinski definition) is 1. The van der Waals surface area contributed by atoms with Gasteiger partial charge in [0.1, 0.15) is 0 Å². The first kappa shape index (κ1) is 13.3. The van der Waals surface area contributed by atoms with E-state index in [1.807, 2.05) is 14.1 Å². The van der Waals surface area contributed by atoms with Crippen LogP contribution in [0.15, 0.2) is 0 Å². The van der Waals surface area contributed by atoms with Crippen LogP contribution in [0.3, 0.4) is 0 Å². The third-order valence-corrected chi connectivity index (χ3v) is 4.23. The third kappa shape index (κ3) is 3.19. The van der Waals surface area contributed by atoms with Crippen molar-refractivity contribution < 1.29 is 9.84 Å². The quantitative estimate of drug-likeness (QED) is 0.777. The van der Waals surface area contributed by atoms with Gasteiger partial charge in [-0.05, 0) is 45.9 Å². The number of rotatable bonds is 3. The van der Waals surface area contributed by atoms with Crippen LogP contribution in [0.1, 0.15) is 19.8 Å². The lowest BCUT2D eigenvalue weighted by atomic mass is 9.98. The zero-order valence-corrected chi connectivity index (χ0v) is 11.3. The highest BCUT2D eigenvalue weighted by molar-refractivity contribution is 4.90. The summed E-state index contributed by atoms with van der Waals surface area (Å²) in [6.45, 7) is 6.17. The van der Waals surface area contributed by atoms with Crippen molar-refractivity contribution in [3.63, 3.8) is 0 Å². The summed E-state index contributed by atoms with van der Waals surface area (Å²) < 4.78 is 5.74. The van der Waals surface area contributed by atoms with Gasteiger partial charge >= 0.3 is 0 Å². The van der Waals surface area contributed by atoms with Crippen LogP contribution in [0.25, 0.3) is 0 Å². The predicted molar refractivity (Wildman–Crippen MR) is 68.1 cm³/mol. The van der Waals surface area contributed by atoms with Crippen LogP contribution in [0.4, 0.5) is 0 Å². The molecule has 2 fully saturated rings. The second-order valence-electron chi connectivity index (χ2n) is 5.88. The summed E-state index contributed by atoms with van der Waals surface area (Å²) in [4.78, 5) is 4.49. The fourth-order valence-corrected chi connectivity index (χ4v) is 2.78. The van der Waals surface area contributed by atoms with Crippen molar-refractivity contribution in [3.05, 3.63) is 0 Å². The Labute approximate surface area is 105 Å². The largest absolute Gasteiger partial charge is 0.389 e. The molecular weight excluding hydrogens is 216 g/mol. The molecule has 100 valence electrons. The van der Waals surface area contributed by atoms with E-state index in [-0.39, 0.29) is 18.2 Å². The molecule has 0 bridgehead atoms. The average Bonchev–Trinajstić information content (AvgIpc) is 2.64. The Bertz CT molecular complexity index is 240. The van der Waals surface area contributed by atoms with Crippen molar-refractivity contribution in [1.82, 2.24) is 9.80 Å². The summed E-state index contributed by atoms with van der Waals surface area (Å²) in [5, 5.41) is 10.2. The third-order valence-electron chi connectivity index (χ3n) is 4.23. The van der Waals surface area contributed by atoms with Crippen LogP contribution in [0.2, 0.25) is 0 Å². The maximum Gasteiger partial charge on any atom is 0.0991 e. The molecule has 0 aromatic heterocycles. The second kappa shape index (κ2) is 5.65. The lowest BCUT2D eigenvalue weighted by Gasteiger charge is -2.33. The SMILES string of the molecule is CC1CCN(C[C@@H]2OC[C@H](N(C)C)[C@H]2O)CC1. The first-order valence-corrected chi connectivity index (χ1v) is 6.76. The molecule has 0 amide bonds. The number of likely N-dealkylation sites (N-methyl/N-ethyl adjacent to an activating group) is 1. The van der Waals surface area contributed by atoms with Gasteiger partial charge < -0.3 is 19.6 Å². The summed E-state index contributed by atoms with van der Waals surface area (Å²) in [5.41, 5.74) is 0. The number of ether oxygens (including phenoxy) is 1. The lowest BCUT2D eigenvalue weighted by Crippen LogP contribution is -2.45. The van der Waals surface area contributed by atoms with Crippen LogP contribution in [0, 0.1) is 5.92 Å². The Morgan fingerprint density at radius 3 is 2.47 bits per heavy atom. The van der Waals surface area contributed by atoms with Gasteiger partial charge in [0, 0.05) is 6.54 Å². The normalized spacial score (nSPS) is 36.9. The van der Waals surface area contributed by atoms with E-state index in [1.165, 1.54) is 12.8 Å². The molecule has 2 rings (SSSR count). The van der Waals surface area contributed by atoms with E-state index in [1.54, 1.807) is 0 Å². The molecule has 2 aliphatic heterocycles. The molecule has 1 N–H and O–H groups in total. The van der Waals surface area contributed by atoms with Crippen molar-refractivity contribution in [2.45, 2.75) is 38.0 Å². The molecule has 0 aliphatic carbocycles. The zero-order valence-electron chi connectivity index (χ0n) is 11.3. The first-order valence-electron chi connectivity index (χ1n) is 6.76. The molecule has 0 aromatic carbocycles. The maximum absolute atomic E-state index is 10.2. The summed E-state index contributed by atoms with van der Waals surface area (Å²) >= 11 is 0. The molecular formula is C13H26N2O2. The van der Waals surface area contributed by atoms with E-state index in [9.17, 15) is 5.11 Å². The predicted octanol–water partition coefficient (Wildman–Crippen LogP) is 0.408. The summed E-state index contributed by atoms with van der Waals surface area (Å²) in [7, 11) is 4.00. The number of aliphatic hydroxyl groups is 1. The van der Waals surface area contributed by atoms with Crippen LogP contribution in [-0.4, -0.2) is 73.5 Å². The molecule has 3 atom stereocenters.